The van der Waals surface area contributed by atoms with Crippen molar-refractivity contribution in [3.63, 3.8) is 0 Å². The molecule has 0 fully saturated rings. The fourth-order valence-electron chi connectivity index (χ4n) is 0.787. The molecule has 11 heavy (non-hydrogen) atoms. The van der Waals surface area contributed by atoms with Gasteiger partial charge in [0, 0.05) is 6.42 Å². The van der Waals surface area contributed by atoms with Crippen LogP contribution in [-0.2, 0) is 6.42 Å². The summed E-state index contributed by atoms with van der Waals surface area (Å²) in [5.74, 6) is 1.14. The van der Waals surface area contributed by atoms with Gasteiger partial charge in [0.15, 0.2) is 0 Å². The summed E-state index contributed by atoms with van der Waals surface area (Å²) in [5, 5.41) is 0. The predicted octanol–water partition coefficient (Wildman–Crippen LogP) is 0.594. The lowest BCUT2D eigenvalue weighted by Gasteiger charge is -2.00. The molecule has 4 nitrogen and oxygen atoms in total. The van der Waals surface area contributed by atoms with Crippen LogP contribution < -0.4 is 11.5 Å². The molecule has 0 atom stereocenters. The second-order valence-corrected chi connectivity index (χ2v) is 2.38. The molecule has 0 bridgehead atoms. The van der Waals surface area contributed by atoms with Crippen LogP contribution in [0.4, 0.5) is 11.5 Å². The van der Waals surface area contributed by atoms with E-state index in [-0.39, 0.29) is 0 Å². The molecule has 0 saturated heterocycles. The molecule has 0 aromatic carbocycles. The first-order valence-electron chi connectivity index (χ1n) is 3.61. The first-order chi connectivity index (χ1) is 5.24. The van der Waals surface area contributed by atoms with Crippen LogP contribution in [0.2, 0.25) is 0 Å². The van der Waals surface area contributed by atoms with E-state index in [4.69, 9.17) is 11.5 Å². The fraction of sp³-hybridized carbons (Fsp3) is 0.429. The number of anilines is 2. The minimum Gasteiger partial charge on any atom is -0.394 e. The summed E-state index contributed by atoms with van der Waals surface area (Å²) in [5.41, 5.74) is 11.4. The van der Waals surface area contributed by atoms with Gasteiger partial charge in [0.1, 0.15) is 11.6 Å². The van der Waals surface area contributed by atoms with Gasteiger partial charge in [-0.3, -0.25) is 0 Å². The Balaban J connectivity index is 2.86. The summed E-state index contributed by atoms with van der Waals surface area (Å²) in [4.78, 5) is 8.02. The first-order valence-corrected chi connectivity index (χ1v) is 3.61. The zero-order valence-electron chi connectivity index (χ0n) is 6.54. The molecule has 0 aliphatic heterocycles. The van der Waals surface area contributed by atoms with Crippen LogP contribution in [0.1, 0.15) is 19.2 Å². The third kappa shape index (κ3) is 1.80. The van der Waals surface area contributed by atoms with E-state index in [0.717, 1.165) is 18.7 Å². The van der Waals surface area contributed by atoms with E-state index in [1.54, 1.807) is 6.20 Å². The van der Waals surface area contributed by atoms with Crippen LogP contribution in [0.3, 0.4) is 0 Å². The average Bonchev–Trinajstić information content (AvgIpc) is 1.98. The van der Waals surface area contributed by atoms with Crippen molar-refractivity contribution in [3.05, 3.63) is 12.0 Å². The SMILES string of the molecule is CCCc1ncc(N)c(N)n1. The highest BCUT2D eigenvalue weighted by Gasteiger charge is 1.98. The molecule has 0 radical (unpaired) electrons. The topological polar surface area (TPSA) is 77.8 Å². The Morgan fingerprint density at radius 2 is 2.18 bits per heavy atom. The Kier molecular flexibility index (Phi) is 2.25. The molecule has 1 rings (SSSR count). The molecule has 0 saturated carbocycles. The molecule has 1 aromatic rings. The van der Waals surface area contributed by atoms with E-state index >= 15 is 0 Å². The van der Waals surface area contributed by atoms with E-state index in [2.05, 4.69) is 16.9 Å². The summed E-state index contributed by atoms with van der Waals surface area (Å²) in [6, 6.07) is 0. The van der Waals surface area contributed by atoms with E-state index in [1.807, 2.05) is 0 Å². The second-order valence-electron chi connectivity index (χ2n) is 2.38. The minimum atomic E-state index is 0.378. The molecule has 0 aliphatic carbocycles. The Hall–Kier alpha value is -1.32. The van der Waals surface area contributed by atoms with E-state index in [9.17, 15) is 0 Å². The van der Waals surface area contributed by atoms with Crippen molar-refractivity contribution in [2.24, 2.45) is 0 Å². The maximum absolute atomic E-state index is 5.47. The number of aryl methyl sites for hydroxylation is 1. The standard InChI is InChI=1S/C7H12N4/c1-2-3-6-10-4-5(8)7(9)11-6/h4H,2-3,8H2,1H3,(H2,9,10,11). The smallest absolute Gasteiger partial charge is 0.150 e. The molecule has 0 amide bonds. The largest absolute Gasteiger partial charge is 0.394 e. The van der Waals surface area contributed by atoms with E-state index < -0.39 is 0 Å². The van der Waals surface area contributed by atoms with Gasteiger partial charge in [-0.05, 0) is 6.42 Å². The van der Waals surface area contributed by atoms with Crippen molar-refractivity contribution in [1.82, 2.24) is 9.97 Å². The van der Waals surface area contributed by atoms with Gasteiger partial charge in [-0.25, -0.2) is 9.97 Å². The van der Waals surface area contributed by atoms with Gasteiger partial charge in [0.05, 0.1) is 11.9 Å². The van der Waals surface area contributed by atoms with Gasteiger partial charge in [-0.1, -0.05) is 6.92 Å². The number of nitrogens with two attached hydrogens (primary N) is 2. The van der Waals surface area contributed by atoms with Crippen LogP contribution in [0.15, 0.2) is 6.20 Å². The summed E-state index contributed by atoms with van der Waals surface area (Å²) >= 11 is 0. The number of hydrogen-bond donors (Lipinski definition) is 2. The number of hydrogen-bond acceptors (Lipinski definition) is 4. The molecule has 1 aromatic heterocycles. The van der Waals surface area contributed by atoms with Gasteiger partial charge in [0.2, 0.25) is 0 Å². The highest BCUT2D eigenvalue weighted by molar-refractivity contribution is 5.55. The van der Waals surface area contributed by atoms with Crippen LogP contribution in [0.25, 0.3) is 0 Å². The lowest BCUT2D eigenvalue weighted by molar-refractivity contribution is 0.838. The number of nitrogens with zero attached hydrogens (tertiary/aromatic N) is 2. The van der Waals surface area contributed by atoms with Crippen molar-refractivity contribution < 1.29 is 0 Å². The van der Waals surface area contributed by atoms with Crippen molar-refractivity contribution in [1.29, 1.82) is 0 Å². The first kappa shape index (κ1) is 7.78. The van der Waals surface area contributed by atoms with E-state index in [0.29, 0.717) is 11.5 Å². The zero-order valence-corrected chi connectivity index (χ0v) is 6.54. The second kappa shape index (κ2) is 3.18. The molecular formula is C7H12N4. The summed E-state index contributed by atoms with van der Waals surface area (Å²) in [7, 11) is 0. The zero-order chi connectivity index (χ0) is 8.27. The molecular weight excluding hydrogens is 140 g/mol. The predicted molar refractivity (Wildman–Crippen MR) is 44.9 cm³/mol. The fourth-order valence-corrected chi connectivity index (χ4v) is 0.787. The van der Waals surface area contributed by atoms with Gasteiger partial charge < -0.3 is 11.5 Å². The maximum atomic E-state index is 5.47. The highest BCUT2D eigenvalue weighted by Crippen LogP contribution is 2.08. The third-order valence-corrected chi connectivity index (χ3v) is 1.37. The van der Waals surface area contributed by atoms with Crippen molar-refractivity contribution >= 4 is 11.5 Å². The Morgan fingerprint density at radius 3 is 2.73 bits per heavy atom. The number of aromatic nitrogens is 2. The summed E-state index contributed by atoms with van der Waals surface area (Å²) in [6.07, 6.45) is 3.42. The Bertz CT molecular complexity index is 246. The van der Waals surface area contributed by atoms with Crippen LogP contribution >= 0.6 is 0 Å². The van der Waals surface area contributed by atoms with Crippen molar-refractivity contribution in [2.75, 3.05) is 11.5 Å². The molecule has 0 spiro atoms. The average molecular weight is 152 g/mol. The van der Waals surface area contributed by atoms with E-state index in [1.165, 1.54) is 0 Å². The van der Waals surface area contributed by atoms with Crippen LogP contribution in [0, 0.1) is 0 Å². The molecule has 4 heteroatoms. The lowest BCUT2D eigenvalue weighted by atomic mass is 10.3. The molecule has 0 unspecified atom stereocenters. The van der Waals surface area contributed by atoms with Crippen molar-refractivity contribution in [2.45, 2.75) is 19.8 Å². The lowest BCUT2D eigenvalue weighted by Crippen LogP contribution is -2.03. The molecule has 0 aliphatic rings. The Labute approximate surface area is 65.6 Å². The molecule has 4 N–H and O–H groups in total. The highest BCUT2D eigenvalue weighted by atomic mass is 15.0. The number of rotatable bonds is 2. The van der Waals surface area contributed by atoms with Gasteiger partial charge in [-0.15, -0.1) is 0 Å². The quantitative estimate of drug-likeness (QED) is 0.650. The van der Waals surface area contributed by atoms with Crippen LogP contribution in [0.5, 0.6) is 0 Å². The van der Waals surface area contributed by atoms with Gasteiger partial charge in [-0.2, -0.15) is 0 Å². The third-order valence-electron chi connectivity index (χ3n) is 1.37. The van der Waals surface area contributed by atoms with Gasteiger partial charge >= 0.3 is 0 Å². The monoisotopic (exact) mass is 152 g/mol. The normalized spacial score (nSPS) is 9.91. The van der Waals surface area contributed by atoms with Crippen molar-refractivity contribution in [3.8, 4) is 0 Å². The summed E-state index contributed by atoms with van der Waals surface area (Å²) in [6.45, 7) is 2.07. The maximum Gasteiger partial charge on any atom is 0.150 e. The number of nitrogen functional groups attached to an aromatic ring is 2. The Morgan fingerprint density at radius 1 is 1.45 bits per heavy atom. The molecule has 1 heterocycles. The summed E-state index contributed by atoms with van der Waals surface area (Å²) < 4.78 is 0. The minimum absolute atomic E-state index is 0.378. The van der Waals surface area contributed by atoms with Gasteiger partial charge in [0.25, 0.3) is 0 Å². The molecule has 60 valence electrons. The van der Waals surface area contributed by atoms with Crippen LogP contribution in [-0.4, -0.2) is 9.97 Å².